The van der Waals surface area contributed by atoms with Crippen molar-refractivity contribution in [3.8, 4) is 11.5 Å². The van der Waals surface area contributed by atoms with Crippen molar-refractivity contribution >= 4 is 28.9 Å². The highest BCUT2D eigenvalue weighted by molar-refractivity contribution is 6.03. The summed E-state index contributed by atoms with van der Waals surface area (Å²) in [5, 5.41) is 11.9. The van der Waals surface area contributed by atoms with Crippen LogP contribution in [-0.2, 0) is 9.59 Å². The average molecular weight is 463 g/mol. The molecule has 9 heteroatoms. The van der Waals surface area contributed by atoms with Crippen LogP contribution >= 0.6 is 0 Å². The van der Waals surface area contributed by atoms with Crippen LogP contribution in [0.25, 0.3) is 0 Å². The zero-order valence-corrected chi connectivity index (χ0v) is 19.2. The van der Waals surface area contributed by atoms with Gasteiger partial charge in [0.1, 0.15) is 23.3 Å². The van der Waals surface area contributed by atoms with Crippen LogP contribution in [0, 0.1) is 0 Å². The summed E-state index contributed by atoms with van der Waals surface area (Å²) in [6, 6.07) is 16.1. The van der Waals surface area contributed by atoms with Gasteiger partial charge in [-0.2, -0.15) is 5.10 Å². The fraction of sp³-hybridized carbons (Fsp3) is 0.240. The summed E-state index contributed by atoms with van der Waals surface area (Å²) in [5.41, 5.74) is 2.87. The number of ether oxygens (including phenoxy) is 2. The van der Waals surface area contributed by atoms with Gasteiger partial charge in [-0.3, -0.25) is 9.59 Å². The Hall–Kier alpha value is -4.27. The molecule has 2 N–H and O–H groups in total. The molecule has 0 fully saturated rings. The molecule has 2 heterocycles. The number of amides is 2. The van der Waals surface area contributed by atoms with Crippen LogP contribution in [0.1, 0.15) is 30.7 Å². The summed E-state index contributed by atoms with van der Waals surface area (Å²) in [4.78, 5) is 24.7. The number of methoxy groups -OCH3 is 2. The second-order valence-corrected chi connectivity index (χ2v) is 7.70. The highest BCUT2D eigenvalue weighted by atomic mass is 16.5. The van der Waals surface area contributed by atoms with Gasteiger partial charge in [-0.05, 0) is 60.2 Å². The number of hydrazone groups is 1. The average Bonchev–Trinajstić information content (AvgIpc) is 3.52. The molecule has 1 aliphatic heterocycles. The molecule has 0 saturated carbocycles. The molecule has 3 aromatic rings. The van der Waals surface area contributed by atoms with Gasteiger partial charge in [-0.15, -0.1) is 0 Å². The predicted octanol–water partition coefficient (Wildman–Crippen LogP) is 4.05. The van der Waals surface area contributed by atoms with Gasteiger partial charge >= 0.3 is 0 Å². The number of anilines is 2. The largest absolute Gasteiger partial charge is 0.497 e. The number of furan rings is 1. The number of nitrogens with one attached hydrogen (secondary N) is 2. The monoisotopic (exact) mass is 462 g/mol. The van der Waals surface area contributed by atoms with Crippen LogP contribution < -0.4 is 20.1 Å². The maximum absolute atomic E-state index is 13.2. The summed E-state index contributed by atoms with van der Waals surface area (Å²) in [6.45, 7) is 1.42. The lowest BCUT2D eigenvalue weighted by molar-refractivity contribution is -0.131. The third kappa shape index (κ3) is 5.03. The van der Waals surface area contributed by atoms with Gasteiger partial charge in [-0.1, -0.05) is 0 Å². The lowest BCUT2D eigenvalue weighted by Gasteiger charge is -2.20. The Balaban J connectivity index is 1.52. The zero-order chi connectivity index (χ0) is 24.1. The Kier molecular flexibility index (Phi) is 6.82. The van der Waals surface area contributed by atoms with Crippen LogP contribution in [0.15, 0.2) is 70.4 Å². The Morgan fingerprint density at radius 3 is 2.56 bits per heavy atom. The summed E-state index contributed by atoms with van der Waals surface area (Å²) >= 11 is 0. The summed E-state index contributed by atoms with van der Waals surface area (Å²) < 4.78 is 16.1. The first kappa shape index (κ1) is 22.9. The zero-order valence-electron chi connectivity index (χ0n) is 19.2. The molecule has 1 aromatic heterocycles. The minimum absolute atomic E-state index is 0.00242. The van der Waals surface area contributed by atoms with Crippen molar-refractivity contribution in [1.29, 1.82) is 0 Å². The number of rotatable bonds is 8. The van der Waals surface area contributed by atoms with Gasteiger partial charge in [0, 0.05) is 19.0 Å². The molecule has 0 aliphatic carbocycles. The number of nitrogens with zero attached hydrogens (tertiary/aromatic N) is 2. The van der Waals surface area contributed by atoms with E-state index in [9.17, 15) is 9.59 Å². The lowest BCUT2D eigenvalue weighted by atomic mass is 10.0. The van der Waals surface area contributed by atoms with E-state index in [0.29, 0.717) is 29.3 Å². The predicted molar refractivity (Wildman–Crippen MR) is 128 cm³/mol. The summed E-state index contributed by atoms with van der Waals surface area (Å²) in [7, 11) is 3.14. The fourth-order valence-electron chi connectivity index (χ4n) is 3.76. The van der Waals surface area contributed by atoms with Gasteiger partial charge in [0.2, 0.25) is 5.91 Å². The summed E-state index contributed by atoms with van der Waals surface area (Å²) in [5.74, 6) is 1.50. The second-order valence-electron chi connectivity index (χ2n) is 7.70. The van der Waals surface area contributed by atoms with Crippen molar-refractivity contribution in [3.63, 3.8) is 0 Å². The maximum atomic E-state index is 13.2. The third-order valence-electron chi connectivity index (χ3n) is 5.41. The topological polar surface area (TPSA) is 105 Å². The molecule has 2 aromatic carbocycles. The number of benzene rings is 2. The van der Waals surface area contributed by atoms with Crippen molar-refractivity contribution in [2.45, 2.75) is 19.4 Å². The Morgan fingerprint density at radius 1 is 1.12 bits per heavy atom. The highest BCUT2D eigenvalue weighted by Crippen LogP contribution is 2.34. The molecule has 9 nitrogen and oxygen atoms in total. The Morgan fingerprint density at radius 2 is 1.91 bits per heavy atom. The van der Waals surface area contributed by atoms with Crippen LogP contribution in [0.5, 0.6) is 11.5 Å². The number of carbonyl (C=O) groups excluding carboxylic acids is 2. The third-order valence-corrected chi connectivity index (χ3v) is 5.41. The quantitative estimate of drug-likeness (QED) is 0.523. The van der Waals surface area contributed by atoms with E-state index in [1.165, 1.54) is 19.0 Å². The first-order valence-electron chi connectivity index (χ1n) is 10.8. The standard InChI is InChI=1S/C25H26N4O5/c1-16(30)27-21-13-18(8-11-23(21)33-3)26-15-25(31)29-22(24-5-4-12-34-24)14-20(28-29)17-6-9-19(32-2)10-7-17/h4-13,22,26H,14-15H2,1-3H3,(H,27,30)/t22-/m1/s1. The molecule has 34 heavy (non-hydrogen) atoms. The molecule has 0 bridgehead atoms. The Bertz CT molecular complexity index is 1190. The van der Waals surface area contributed by atoms with E-state index in [0.717, 1.165) is 17.0 Å². The molecule has 0 unspecified atom stereocenters. The first-order valence-corrected chi connectivity index (χ1v) is 10.8. The van der Waals surface area contributed by atoms with E-state index in [1.54, 1.807) is 37.6 Å². The van der Waals surface area contributed by atoms with Crippen molar-refractivity contribution in [3.05, 3.63) is 72.2 Å². The van der Waals surface area contributed by atoms with Gasteiger partial charge in [-0.25, -0.2) is 5.01 Å². The molecule has 0 radical (unpaired) electrons. The van der Waals surface area contributed by atoms with Crippen molar-refractivity contribution < 1.29 is 23.5 Å². The van der Waals surface area contributed by atoms with Crippen LogP contribution in [-0.4, -0.2) is 43.3 Å². The molecular weight excluding hydrogens is 436 g/mol. The molecular formula is C25H26N4O5. The molecule has 2 amide bonds. The van der Waals surface area contributed by atoms with E-state index in [1.807, 2.05) is 30.3 Å². The molecule has 1 atom stereocenters. The van der Waals surface area contributed by atoms with Gasteiger partial charge < -0.3 is 24.5 Å². The van der Waals surface area contributed by atoms with Crippen LogP contribution in [0.4, 0.5) is 11.4 Å². The molecule has 0 saturated heterocycles. The minimum Gasteiger partial charge on any atom is -0.497 e. The van der Waals surface area contributed by atoms with Crippen LogP contribution in [0.2, 0.25) is 0 Å². The molecule has 4 rings (SSSR count). The lowest BCUT2D eigenvalue weighted by Crippen LogP contribution is -2.32. The first-order chi connectivity index (χ1) is 16.5. The van der Waals surface area contributed by atoms with Crippen molar-refractivity contribution in [1.82, 2.24) is 5.01 Å². The van der Waals surface area contributed by atoms with E-state index in [4.69, 9.17) is 13.9 Å². The van der Waals surface area contributed by atoms with E-state index in [2.05, 4.69) is 15.7 Å². The highest BCUT2D eigenvalue weighted by Gasteiger charge is 2.34. The second kappa shape index (κ2) is 10.1. The van der Waals surface area contributed by atoms with Crippen molar-refractivity contribution in [2.24, 2.45) is 5.10 Å². The van der Waals surface area contributed by atoms with E-state index in [-0.39, 0.29) is 24.4 Å². The van der Waals surface area contributed by atoms with Gasteiger partial charge in [0.25, 0.3) is 5.91 Å². The smallest absolute Gasteiger partial charge is 0.262 e. The SMILES string of the molecule is COc1ccc(C2=NN(C(=O)CNc3ccc(OC)c(NC(C)=O)c3)[C@@H](c3ccco3)C2)cc1. The van der Waals surface area contributed by atoms with E-state index < -0.39 is 0 Å². The number of hydrogen-bond donors (Lipinski definition) is 2. The normalized spacial score (nSPS) is 15.0. The Labute approximate surface area is 197 Å². The molecule has 176 valence electrons. The summed E-state index contributed by atoms with van der Waals surface area (Å²) in [6.07, 6.45) is 2.11. The molecule has 0 spiro atoms. The number of carbonyl (C=O) groups is 2. The minimum atomic E-state index is -0.341. The van der Waals surface area contributed by atoms with Gasteiger partial charge in [0.15, 0.2) is 0 Å². The number of hydrogen-bond acceptors (Lipinski definition) is 7. The molecule has 1 aliphatic rings. The fourth-order valence-corrected chi connectivity index (χ4v) is 3.76. The van der Waals surface area contributed by atoms with Crippen LogP contribution in [0.3, 0.4) is 0 Å². The maximum Gasteiger partial charge on any atom is 0.262 e. The van der Waals surface area contributed by atoms with E-state index >= 15 is 0 Å². The van der Waals surface area contributed by atoms with Gasteiger partial charge in [0.05, 0.1) is 38.4 Å². The van der Waals surface area contributed by atoms with Crippen molar-refractivity contribution in [2.75, 3.05) is 31.4 Å².